The maximum Gasteiger partial charge on any atom is 0.222 e. The second-order valence-electron chi connectivity index (χ2n) is 6.60. The number of hydrogen-bond donors (Lipinski definition) is 1. The highest BCUT2D eigenvalue weighted by Crippen LogP contribution is 2.35. The summed E-state index contributed by atoms with van der Waals surface area (Å²) in [4.78, 5) is 26.7. The van der Waals surface area contributed by atoms with Crippen molar-refractivity contribution in [3.05, 3.63) is 28.0 Å². The van der Waals surface area contributed by atoms with Crippen LogP contribution in [0.15, 0.2) is 17.5 Å². The van der Waals surface area contributed by atoms with Crippen molar-refractivity contribution in [2.45, 2.75) is 33.1 Å². The second kappa shape index (κ2) is 7.32. The molecule has 0 saturated carbocycles. The molecule has 1 amide bonds. The molecule has 4 heterocycles. The number of anilines is 1. The van der Waals surface area contributed by atoms with Crippen LogP contribution in [0.1, 0.15) is 29.7 Å². The van der Waals surface area contributed by atoms with Gasteiger partial charge in [-0.2, -0.15) is 0 Å². The number of fused-ring (bicyclic) bond motifs is 1. The number of rotatable bonds is 6. The normalized spacial score (nSPS) is 14.5. The monoisotopic (exact) mass is 386 g/mol. The zero-order valence-electron chi connectivity index (χ0n) is 15.0. The summed E-state index contributed by atoms with van der Waals surface area (Å²) >= 11 is 3.38. The first-order valence-corrected chi connectivity index (χ1v) is 10.7. The third-order valence-corrected chi connectivity index (χ3v) is 6.81. The van der Waals surface area contributed by atoms with Crippen molar-refractivity contribution in [2.75, 3.05) is 25.0 Å². The van der Waals surface area contributed by atoms with Crippen LogP contribution in [-0.4, -0.2) is 40.4 Å². The maximum atomic E-state index is 11.7. The summed E-state index contributed by atoms with van der Waals surface area (Å²) in [6, 6.07) is 4.08. The molecule has 5 nitrogen and oxygen atoms in total. The summed E-state index contributed by atoms with van der Waals surface area (Å²) in [6.45, 7) is 6.79. The lowest BCUT2D eigenvalue weighted by atomic mass is 10.2. The molecule has 0 spiro atoms. The highest BCUT2D eigenvalue weighted by molar-refractivity contribution is 7.19. The molecule has 1 aliphatic heterocycles. The molecule has 4 rings (SSSR count). The third-order valence-electron chi connectivity index (χ3n) is 4.84. The van der Waals surface area contributed by atoms with E-state index in [2.05, 4.69) is 25.2 Å². The Morgan fingerprint density at radius 1 is 1.31 bits per heavy atom. The Morgan fingerprint density at radius 2 is 2.19 bits per heavy atom. The molecule has 7 heteroatoms. The van der Waals surface area contributed by atoms with Crippen LogP contribution in [0, 0.1) is 13.8 Å². The lowest BCUT2D eigenvalue weighted by Crippen LogP contribution is -2.27. The summed E-state index contributed by atoms with van der Waals surface area (Å²) in [6.07, 6.45) is 2.63. The smallest absolute Gasteiger partial charge is 0.222 e. The summed E-state index contributed by atoms with van der Waals surface area (Å²) in [5.74, 6) is 1.98. The molecule has 3 aromatic heterocycles. The van der Waals surface area contributed by atoms with Gasteiger partial charge >= 0.3 is 0 Å². The number of hydrogen-bond acceptors (Lipinski definition) is 6. The lowest BCUT2D eigenvalue weighted by Gasteiger charge is -2.15. The van der Waals surface area contributed by atoms with Crippen LogP contribution in [0.25, 0.3) is 20.9 Å². The molecule has 0 atom stereocenters. The number of carbonyl (C=O) groups is 1. The lowest BCUT2D eigenvalue weighted by molar-refractivity contribution is -0.127. The van der Waals surface area contributed by atoms with Crippen molar-refractivity contribution in [1.82, 2.24) is 14.9 Å². The van der Waals surface area contributed by atoms with Crippen LogP contribution >= 0.6 is 22.7 Å². The fourth-order valence-corrected chi connectivity index (χ4v) is 5.00. The molecule has 0 bridgehead atoms. The zero-order chi connectivity index (χ0) is 18.1. The Bertz CT molecular complexity index is 933. The highest BCUT2D eigenvalue weighted by Gasteiger charge is 2.19. The number of nitrogens with one attached hydrogen (secondary N) is 1. The van der Waals surface area contributed by atoms with E-state index in [4.69, 9.17) is 9.97 Å². The van der Waals surface area contributed by atoms with Gasteiger partial charge < -0.3 is 10.2 Å². The van der Waals surface area contributed by atoms with Gasteiger partial charge in [0.2, 0.25) is 5.91 Å². The molecular weight excluding hydrogens is 364 g/mol. The standard InChI is InChI=1S/C19H22N4OS2/c1-12-13(2)26-19-16(12)18(21-17(22-19)14-6-4-11-25-14)20-8-5-10-23-9-3-7-15(23)24/h4,6,11H,3,5,7-10H2,1-2H3,(H,20,21,22). The van der Waals surface area contributed by atoms with E-state index < -0.39 is 0 Å². The molecule has 136 valence electrons. The van der Waals surface area contributed by atoms with Gasteiger partial charge in [0, 0.05) is 30.9 Å². The molecular formula is C19H22N4OS2. The summed E-state index contributed by atoms with van der Waals surface area (Å²) in [5.41, 5.74) is 1.25. The fraction of sp³-hybridized carbons (Fsp3) is 0.421. The van der Waals surface area contributed by atoms with Crippen LogP contribution in [0.3, 0.4) is 0 Å². The fourth-order valence-electron chi connectivity index (χ4n) is 3.31. The van der Waals surface area contributed by atoms with Crippen molar-refractivity contribution < 1.29 is 4.79 Å². The number of aryl methyl sites for hydroxylation is 2. The van der Waals surface area contributed by atoms with Gasteiger partial charge in [0.05, 0.1) is 10.3 Å². The Balaban J connectivity index is 1.55. The summed E-state index contributed by atoms with van der Waals surface area (Å²) < 4.78 is 0. The largest absolute Gasteiger partial charge is 0.369 e. The first kappa shape index (κ1) is 17.4. The first-order chi connectivity index (χ1) is 12.6. The quantitative estimate of drug-likeness (QED) is 0.636. The Kier molecular flexibility index (Phi) is 4.91. The van der Waals surface area contributed by atoms with Gasteiger partial charge in [0.15, 0.2) is 5.82 Å². The molecule has 1 saturated heterocycles. The van der Waals surface area contributed by atoms with Crippen LogP contribution in [0.2, 0.25) is 0 Å². The van der Waals surface area contributed by atoms with Crippen LogP contribution in [0.5, 0.6) is 0 Å². The van der Waals surface area contributed by atoms with Gasteiger partial charge in [-0.1, -0.05) is 6.07 Å². The van der Waals surface area contributed by atoms with E-state index in [0.29, 0.717) is 12.3 Å². The topological polar surface area (TPSA) is 58.1 Å². The molecule has 0 aromatic carbocycles. The number of amides is 1. The van der Waals surface area contributed by atoms with Crippen molar-refractivity contribution in [1.29, 1.82) is 0 Å². The second-order valence-corrected chi connectivity index (χ2v) is 8.75. The molecule has 26 heavy (non-hydrogen) atoms. The Morgan fingerprint density at radius 3 is 2.92 bits per heavy atom. The molecule has 1 N–H and O–H groups in total. The SMILES string of the molecule is Cc1sc2nc(-c3cccs3)nc(NCCCN3CCCC3=O)c2c1C. The molecule has 0 radical (unpaired) electrons. The first-order valence-electron chi connectivity index (χ1n) is 8.97. The van der Waals surface area contributed by atoms with E-state index in [1.54, 1.807) is 22.7 Å². The van der Waals surface area contributed by atoms with Gasteiger partial charge in [0.25, 0.3) is 0 Å². The third kappa shape index (κ3) is 3.33. The van der Waals surface area contributed by atoms with Crippen LogP contribution in [0.4, 0.5) is 5.82 Å². The predicted molar refractivity (Wildman–Crippen MR) is 109 cm³/mol. The molecule has 0 aliphatic carbocycles. The van der Waals surface area contributed by atoms with Crippen LogP contribution in [-0.2, 0) is 4.79 Å². The minimum Gasteiger partial charge on any atom is -0.369 e. The van der Waals surface area contributed by atoms with E-state index in [-0.39, 0.29) is 0 Å². The van der Waals surface area contributed by atoms with Crippen LogP contribution < -0.4 is 5.32 Å². The van der Waals surface area contributed by atoms with Gasteiger partial charge in [0.1, 0.15) is 10.6 Å². The van der Waals surface area contributed by atoms with Crippen molar-refractivity contribution in [3.63, 3.8) is 0 Å². The van der Waals surface area contributed by atoms with Gasteiger partial charge in [-0.05, 0) is 43.7 Å². The number of likely N-dealkylation sites (tertiary alicyclic amines) is 1. The van der Waals surface area contributed by atoms with Gasteiger partial charge in [-0.15, -0.1) is 22.7 Å². The molecule has 0 unspecified atom stereocenters. The average molecular weight is 387 g/mol. The number of thiophene rings is 2. The molecule has 3 aromatic rings. The number of aromatic nitrogens is 2. The Hall–Kier alpha value is -1.99. The van der Waals surface area contributed by atoms with Crippen molar-refractivity contribution in [3.8, 4) is 10.7 Å². The van der Waals surface area contributed by atoms with E-state index >= 15 is 0 Å². The Labute approximate surface area is 161 Å². The van der Waals surface area contributed by atoms with E-state index in [9.17, 15) is 4.79 Å². The van der Waals surface area contributed by atoms with Crippen molar-refractivity contribution in [2.24, 2.45) is 0 Å². The molecule has 1 aliphatic rings. The van der Waals surface area contributed by atoms with E-state index in [0.717, 1.165) is 59.2 Å². The minimum atomic E-state index is 0.290. The van der Waals surface area contributed by atoms with Gasteiger partial charge in [-0.3, -0.25) is 4.79 Å². The maximum absolute atomic E-state index is 11.7. The number of carbonyl (C=O) groups excluding carboxylic acids is 1. The summed E-state index contributed by atoms with van der Waals surface area (Å²) in [7, 11) is 0. The van der Waals surface area contributed by atoms with Crippen molar-refractivity contribution >= 4 is 44.6 Å². The zero-order valence-corrected chi connectivity index (χ0v) is 16.7. The van der Waals surface area contributed by atoms with E-state index in [1.807, 2.05) is 16.3 Å². The number of nitrogens with zero attached hydrogens (tertiary/aromatic N) is 3. The minimum absolute atomic E-state index is 0.290. The predicted octanol–water partition coefficient (Wildman–Crippen LogP) is 4.46. The van der Waals surface area contributed by atoms with Gasteiger partial charge in [-0.25, -0.2) is 9.97 Å². The highest BCUT2D eigenvalue weighted by atomic mass is 32.1. The van der Waals surface area contributed by atoms with E-state index in [1.165, 1.54) is 10.4 Å². The average Bonchev–Trinajstić information content (AvgIpc) is 3.34. The molecule has 1 fully saturated rings. The summed E-state index contributed by atoms with van der Waals surface area (Å²) in [5, 5.41) is 6.68.